The van der Waals surface area contributed by atoms with E-state index in [1.54, 1.807) is 0 Å². The second-order valence-electron chi connectivity index (χ2n) is 11.2. The van der Waals surface area contributed by atoms with Gasteiger partial charge in [0.05, 0.1) is 16.3 Å². The van der Waals surface area contributed by atoms with E-state index in [1.807, 2.05) is 48.5 Å². The number of hydrogen-bond acceptors (Lipinski definition) is 3. The first-order valence-corrected chi connectivity index (χ1v) is 13.2. The highest BCUT2D eigenvalue weighted by Crippen LogP contribution is 2.52. The maximum Gasteiger partial charge on any atom is 0.197 e. The summed E-state index contributed by atoms with van der Waals surface area (Å²) in [6.45, 7) is 4.51. The minimum atomic E-state index is -0.144. The Morgan fingerprint density at radius 2 is 1.15 bits per heavy atom. The van der Waals surface area contributed by atoms with Crippen molar-refractivity contribution < 1.29 is 4.74 Å². The number of aromatic nitrogens is 1. The third kappa shape index (κ3) is 2.36. The molecule has 0 saturated heterocycles. The maximum absolute atomic E-state index is 14.1. The second-order valence-corrected chi connectivity index (χ2v) is 11.2. The first-order chi connectivity index (χ1) is 18.9. The Morgan fingerprint density at radius 3 is 1.82 bits per heavy atom. The zero-order valence-electron chi connectivity index (χ0n) is 21.3. The van der Waals surface area contributed by atoms with Crippen molar-refractivity contribution in [1.82, 2.24) is 4.40 Å². The molecule has 0 unspecified atom stereocenters. The number of nitrogens with zero attached hydrogens (tertiary/aromatic N) is 1. The SMILES string of the molecule is CC1(C)c2ccccc2-c2c(-c3cc4c(=O)c5cccc6c5n5c7c(cccc7c(=O)c(c3)c45)O6)cccc21. The molecule has 0 radical (unpaired) electrons. The summed E-state index contributed by atoms with van der Waals surface area (Å²) in [6.07, 6.45) is 0. The molecule has 0 N–H and O–H groups in total. The summed E-state index contributed by atoms with van der Waals surface area (Å²) < 4.78 is 8.27. The van der Waals surface area contributed by atoms with E-state index in [2.05, 4.69) is 60.7 Å². The van der Waals surface area contributed by atoms with Crippen molar-refractivity contribution in [3.63, 3.8) is 0 Å². The lowest BCUT2D eigenvalue weighted by atomic mass is 9.82. The highest BCUT2D eigenvalue weighted by Gasteiger charge is 2.36. The van der Waals surface area contributed by atoms with E-state index < -0.39 is 0 Å². The van der Waals surface area contributed by atoms with E-state index in [9.17, 15) is 9.59 Å². The van der Waals surface area contributed by atoms with E-state index in [1.165, 1.54) is 22.3 Å². The van der Waals surface area contributed by atoms with Crippen LogP contribution < -0.4 is 15.6 Å². The van der Waals surface area contributed by atoms with Crippen molar-refractivity contribution in [2.45, 2.75) is 19.3 Å². The predicted octanol–water partition coefficient (Wildman–Crippen LogP) is 7.64. The van der Waals surface area contributed by atoms with E-state index in [0.717, 1.165) is 11.1 Å². The smallest absolute Gasteiger partial charge is 0.197 e. The van der Waals surface area contributed by atoms with Gasteiger partial charge < -0.3 is 9.14 Å². The van der Waals surface area contributed by atoms with Crippen molar-refractivity contribution in [1.29, 1.82) is 0 Å². The molecule has 3 heterocycles. The number of ether oxygens (including phenoxy) is 1. The monoisotopic (exact) mass is 503 g/mol. The standard InChI is InChI=1S/C35H21NO3/c1-35(2)25-12-4-3-8-20(25)29-19(9-5-13-26(29)35)18-16-23-30-24(17-18)34(38)22-11-7-15-28-32(22)36(30)31-21(33(23)37)10-6-14-27(31)39-28/h3-17H,1-2H3. The average molecular weight is 504 g/mol. The minimum Gasteiger partial charge on any atom is -0.453 e. The van der Waals surface area contributed by atoms with Crippen LogP contribution in [0.4, 0.5) is 0 Å². The molecule has 4 nitrogen and oxygen atoms in total. The van der Waals surface area contributed by atoms with Gasteiger partial charge in [0.1, 0.15) is 11.0 Å². The average Bonchev–Trinajstić information content (AvgIpc) is 3.20. The Bertz CT molecular complexity index is 2270. The van der Waals surface area contributed by atoms with E-state index >= 15 is 0 Å². The Balaban J connectivity index is 1.51. The molecule has 1 aliphatic carbocycles. The molecule has 0 spiro atoms. The highest BCUT2D eigenvalue weighted by molar-refractivity contribution is 6.12. The van der Waals surface area contributed by atoms with Gasteiger partial charge in [-0.2, -0.15) is 0 Å². The van der Waals surface area contributed by atoms with Crippen LogP contribution in [0.25, 0.3) is 60.3 Å². The van der Waals surface area contributed by atoms with Gasteiger partial charge in [-0.25, -0.2) is 0 Å². The molecular weight excluding hydrogens is 482 g/mol. The van der Waals surface area contributed by atoms with Crippen LogP contribution in [-0.4, -0.2) is 4.40 Å². The number of hydrogen-bond donors (Lipinski definition) is 0. The zero-order valence-corrected chi connectivity index (χ0v) is 21.3. The molecule has 2 aliphatic rings. The molecule has 0 amide bonds. The van der Waals surface area contributed by atoms with Crippen molar-refractivity contribution in [2.24, 2.45) is 0 Å². The number of rotatable bonds is 1. The van der Waals surface area contributed by atoms with Gasteiger partial charge in [-0.1, -0.05) is 68.4 Å². The van der Waals surface area contributed by atoms with Crippen LogP contribution in [0.3, 0.4) is 0 Å². The van der Waals surface area contributed by atoms with E-state index in [-0.39, 0.29) is 16.3 Å². The summed E-state index contributed by atoms with van der Waals surface area (Å²) in [7, 11) is 0. The van der Waals surface area contributed by atoms with Gasteiger partial charge in [0.25, 0.3) is 0 Å². The quantitative estimate of drug-likeness (QED) is 0.171. The van der Waals surface area contributed by atoms with Crippen LogP contribution in [0.5, 0.6) is 11.5 Å². The van der Waals surface area contributed by atoms with Gasteiger partial charge in [0.15, 0.2) is 22.4 Å². The summed E-state index contributed by atoms with van der Waals surface area (Å²) in [5.41, 5.74) is 8.60. The highest BCUT2D eigenvalue weighted by atomic mass is 16.5. The first kappa shape index (κ1) is 21.0. The van der Waals surface area contributed by atoms with Gasteiger partial charge in [0.2, 0.25) is 0 Å². The first-order valence-electron chi connectivity index (χ1n) is 13.2. The van der Waals surface area contributed by atoms with Crippen LogP contribution >= 0.6 is 0 Å². The third-order valence-electron chi connectivity index (χ3n) is 8.90. The molecule has 39 heavy (non-hydrogen) atoms. The third-order valence-corrected chi connectivity index (χ3v) is 8.90. The maximum atomic E-state index is 14.1. The Labute approximate surface area is 222 Å². The molecule has 0 fully saturated rings. The van der Waals surface area contributed by atoms with Gasteiger partial charge in [-0.05, 0) is 69.8 Å². The lowest BCUT2D eigenvalue weighted by Crippen LogP contribution is -2.17. The molecule has 5 aromatic carbocycles. The summed E-state index contributed by atoms with van der Waals surface area (Å²) in [5, 5.41) is 2.27. The molecule has 9 rings (SSSR count). The van der Waals surface area contributed by atoms with E-state index in [4.69, 9.17) is 4.74 Å². The fraction of sp³-hybridized carbons (Fsp3) is 0.0857. The molecule has 0 atom stereocenters. The van der Waals surface area contributed by atoms with Gasteiger partial charge in [-0.3, -0.25) is 9.59 Å². The molecule has 0 bridgehead atoms. The van der Waals surface area contributed by atoms with E-state index in [0.29, 0.717) is 49.6 Å². The number of benzene rings is 5. The molecule has 2 aromatic heterocycles. The van der Waals surface area contributed by atoms with Crippen molar-refractivity contribution in [3.05, 3.63) is 123 Å². The van der Waals surface area contributed by atoms with Crippen molar-refractivity contribution in [2.75, 3.05) is 0 Å². The van der Waals surface area contributed by atoms with Crippen LogP contribution in [0, 0.1) is 0 Å². The van der Waals surface area contributed by atoms with Crippen molar-refractivity contribution in [3.8, 4) is 33.8 Å². The van der Waals surface area contributed by atoms with Crippen LogP contribution in [0.1, 0.15) is 25.0 Å². The normalized spacial score (nSPS) is 14.5. The van der Waals surface area contributed by atoms with Crippen LogP contribution in [0.2, 0.25) is 0 Å². The number of fused-ring (bicyclic) bond motifs is 3. The minimum absolute atomic E-state index is 0.0891. The zero-order chi connectivity index (χ0) is 26.2. The molecule has 184 valence electrons. The van der Waals surface area contributed by atoms with Gasteiger partial charge in [0, 0.05) is 16.2 Å². The molecule has 0 saturated carbocycles. The Hall–Kier alpha value is -4.96. The fourth-order valence-electron chi connectivity index (χ4n) is 7.15. The molecule has 7 aromatic rings. The van der Waals surface area contributed by atoms with Gasteiger partial charge >= 0.3 is 0 Å². The molecule has 1 aliphatic heterocycles. The summed E-state index contributed by atoms with van der Waals surface area (Å²) in [6, 6.07) is 30.1. The summed E-state index contributed by atoms with van der Waals surface area (Å²) in [4.78, 5) is 28.1. The largest absolute Gasteiger partial charge is 0.453 e. The lowest BCUT2D eigenvalue weighted by Gasteiger charge is -2.23. The van der Waals surface area contributed by atoms with Gasteiger partial charge in [-0.15, -0.1) is 0 Å². The van der Waals surface area contributed by atoms with Crippen LogP contribution in [-0.2, 0) is 5.41 Å². The summed E-state index contributed by atoms with van der Waals surface area (Å²) >= 11 is 0. The predicted molar refractivity (Wildman–Crippen MR) is 157 cm³/mol. The Kier molecular flexibility index (Phi) is 3.62. The lowest BCUT2D eigenvalue weighted by molar-refractivity contribution is 0.486. The molecular formula is C35H21NO3. The fourth-order valence-corrected chi connectivity index (χ4v) is 7.15. The Morgan fingerprint density at radius 1 is 0.590 bits per heavy atom. The summed E-state index contributed by atoms with van der Waals surface area (Å²) in [5.74, 6) is 1.25. The number of pyridine rings is 2. The van der Waals surface area contributed by atoms with Crippen LogP contribution in [0.15, 0.2) is 101 Å². The molecule has 4 heteroatoms. The van der Waals surface area contributed by atoms with Crippen molar-refractivity contribution >= 4 is 38.1 Å². The second kappa shape index (κ2) is 6.72. The number of para-hydroxylation sites is 2. The topological polar surface area (TPSA) is 47.8 Å².